The zero-order valence-electron chi connectivity index (χ0n) is 11.5. The molecule has 1 saturated carbocycles. The Kier molecular flexibility index (Phi) is 3.45. The summed E-state index contributed by atoms with van der Waals surface area (Å²) < 4.78 is 0. The maximum atomic E-state index is 3.91. The molecule has 98 valence electrons. The molecule has 2 nitrogen and oxygen atoms in total. The number of nitrogens with zero attached hydrogens (tertiary/aromatic N) is 1. The Hall–Kier alpha value is -0.0800. The largest absolute Gasteiger partial charge is 0.310 e. The quantitative estimate of drug-likeness (QED) is 0.792. The number of fused-ring (bicyclic) bond motifs is 1. The van der Waals surface area contributed by atoms with Crippen molar-refractivity contribution in [2.24, 2.45) is 17.8 Å². The molecule has 2 aliphatic heterocycles. The lowest BCUT2D eigenvalue weighted by Crippen LogP contribution is -2.39. The van der Waals surface area contributed by atoms with Crippen LogP contribution >= 0.6 is 0 Å². The Labute approximate surface area is 106 Å². The molecule has 17 heavy (non-hydrogen) atoms. The van der Waals surface area contributed by atoms with Crippen LogP contribution in [0.4, 0.5) is 0 Å². The summed E-state index contributed by atoms with van der Waals surface area (Å²) in [4.78, 5) is 2.70. The van der Waals surface area contributed by atoms with Gasteiger partial charge in [-0.05, 0) is 37.0 Å². The second kappa shape index (κ2) is 4.89. The predicted octanol–water partition coefficient (Wildman–Crippen LogP) is 2.49. The Morgan fingerprint density at radius 3 is 2.47 bits per heavy atom. The number of hydrogen-bond acceptors (Lipinski definition) is 2. The minimum atomic E-state index is 0.792. The van der Waals surface area contributed by atoms with E-state index in [1.54, 1.807) is 0 Å². The third-order valence-corrected chi connectivity index (χ3v) is 5.49. The first kappa shape index (κ1) is 12.0. The fourth-order valence-corrected chi connectivity index (χ4v) is 4.28. The summed E-state index contributed by atoms with van der Waals surface area (Å²) >= 11 is 0. The van der Waals surface area contributed by atoms with Gasteiger partial charge in [0.15, 0.2) is 0 Å². The van der Waals surface area contributed by atoms with E-state index in [4.69, 9.17) is 0 Å². The molecule has 3 rings (SSSR count). The zero-order chi connectivity index (χ0) is 11.8. The normalized spacial score (nSPS) is 47.3. The Bertz CT molecular complexity index is 242. The Balaban J connectivity index is 1.50. The molecule has 0 spiro atoms. The molecule has 2 heterocycles. The summed E-state index contributed by atoms with van der Waals surface area (Å²) in [5, 5.41) is 3.91. The minimum Gasteiger partial charge on any atom is -0.310 e. The highest BCUT2D eigenvalue weighted by Gasteiger charge is 2.36. The molecule has 0 aromatic rings. The highest BCUT2D eigenvalue weighted by molar-refractivity contribution is 4.95. The van der Waals surface area contributed by atoms with Gasteiger partial charge >= 0.3 is 0 Å². The van der Waals surface area contributed by atoms with Crippen molar-refractivity contribution in [3.63, 3.8) is 0 Å². The van der Waals surface area contributed by atoms with E-state index in [9.17, 15) is 0 Å². The lowest BCUT2D eigenvalue weighted by Gasteiger charge is -2.24. The van der Waals surface area contributed by atoms with Crippen LogP contribution in [0.1, 0.15) is 46.0 Å². The van der Waals surface area contributed by atoms with Gasteiger partial charge < -0.3 is 10.2 Å². The van der Waals surface area contributed by atoms with E-state index in [-0.39, 0.29) is 0 Å². The van der Waals surface area contributed by atoms with Crippen LogP contribution in [0.25, 0.3) is 0 Å². The van der Waals surface area contributed by atoms with E-state index in [1.807, 2.05) is 0 Å². The van der Waals surface area contributed by atoms with E-state index in [2.05, 4.69) is 24.1 Å². The van der Waals surface area contributed by atoms with Gasteiger partial charge in [-0.3, -0.25) is 0 Å². The summed E-state index contributed by atoms with van der Waals surface area (Å²) in [5.41, 5.74) is 0. The van der Waals surface area contributed by atoms with Crippen LogP contribution in [0, 0.1) is 17.8 Å². The van der Waals surface area contributed by atoms with Gasteiger partial charge in [-0.25, -0.2) is 0 Å². The molecule has 5 atom stereocenters. The molecule has 1 aliphatic carbocycles. The van der Waals surface area contributed by atoms with Crippen molar-refractivity contribution in [2.45, 2.75) is 58.0 Å². The van der Waals surface area contributed by atoms with Gasteiger partial charge in [-0.1, -0.05) is 26.7 Å². The van der Waals surface area contributed by atoms with E-state index in [0.717, 1.165) is 29.8 Å². The highest BCUT2D eigenvalue weighted by atomic mass is 15.2. The molecule has 3 fully saturated rings. The number of nitrogens with one attached hydrogen (secondary N) is 1. The van der Waals surface area contributed by atoms with Gasteiger partial charge in [0.05, 0.1) is 0 Å². The fraction of sp³-hybridized carbons (Fsp3) is 1.00. The average Bonchev–Trinajstić information content (AvgIpc) is 2.83. The number of likely N-dealkylation sites (tertiary alicyclic amines) is 1. The van der Waals surface area contributed by atoms with Gasteiger partial charge in [0.1, 0.15) is 0 Å². The molecular weight excluding hydrogens is 208 g/mol. The first-order chi connectivity index (χ1) is 8.22. The van der Waals surface area contributed by atoms with Gasteiger partial charge in [0, 0.05) is 31.7 Å². The van der Waals surface area contributed by atoms with Crippen molar-refractivity contribution in [1.29, 1.82) is 0 Å². The fourth-order valence-electron chi connectivity index (χ4n) is 4.28. The number of hydrogen-bond donors (Lipinski definition) is 1. The zero-order valence-corrected chi connectivity index (χ0v) is 11.5. The van der Waals surface area contributed by atoms with Gasteiger partial charge in [0.2, 0.25) is 0 Å². The van der Waals surface area contributed by atoms with Crippen LogP contribution < -0.4 is 5.32 Å². The molecule has 0 amide bonds. The molecular formula is C15H28N2. The maximum absolute atomic E-state index is 3.91. The van der Waals surface area contributed by atoms with Crippen LogP contribution in [-0.2, 0) is 0 Å². The SMILES string of the molecule is CC1CN(CC2CC3CCCCC3N2)CC1C. The summed E-state index contributed by atoms with van der Waals surface area (Å²) in [7, 11) is 0. The molecule has 0 bridgehead atoms. The van der Waals surface area contributed by atoms with Gasteiger partial charge in [0.25, 0.3) is 0 Å². The third kappa shape index (κ3) is 2.53. The standard InChI is InChI=1S/C15H28N2/c1-11-8-17(9-12(11)2)10-14-7-13-5-3-4-6-15(13)16-14/h11-16H,3-10H2,1-2H3. The third-order valence-electron chi connectivity index (χ3n) is 5.49. The minimum absolute atomic E-state index is 0.792. The average molecular weight is 236 g/mol. The van der Waals surface area contributed by atoms with Crippen molar-refractivity contribution in [1.82, 2.24) is 10.2 Å². The van der Waals surface area contributed by atoms with Crippen LogP contribution in [0.5, 0.6) is 0 Å². The van der Waals surface area contributed by atoms with Crippen LogP contribution in [0.15, 0.2) is 0 Å². The highest BCUT2D eigenvalue weighted by Crippen LogP contribution is 2.34. The molecule has 2 heteroatoms. The lowest BCUT2D eigenvalue weighted by molar-refractivity contribution is 0.286. The molecule has 1 N–H and O–H groups in total. The van der Waals surface area contributed by atoms with Crippen LogP contribution in [0.3, 0.4) is 0 Å². The second-order valence-electron chi connectivity index (χ2n) is 6.92. The Morgan fingerprint density at radius 1 is 1.06 bits per heavy atom. The maximum Gasteiger partial charge on any atom is 0.0200 e. The predicted molar refractivity (Wildman–Crippen MR) is 72.1 cm³/mol. The van der Waals surface area contributed by atoms with Gasteiger partial charge in [-0.15, -0.1) is 0 Å². The topological polar surface area (TPSA) is 15.3 Å². The van der Waals surface area contributed by atoms with Crippen molar-refractivity contribution in [3.8, 4) is 0 Å². The monoisotopic (exact) mass is 236 g/mol. The number of rotatable bonds is 2. The van der Waals surface area contributed by atoms with Gasteiger partial charge in [-0.2, -0.15) is 0 Å². The van der Waals surface area contributed by atoms with Crippen LogP contribution in [-0.4, -0.2) is 36.6 Å². The lowest BCUT2D eigenvalue weighted by atomic mass is 9.85. The summed E-state index contributed by atoms with van der Waals surface area (Å²) in [6.45, 7) is 8.78. The molecule has 0 aromatic carbocycles. The van der Waals surface area contributed by atoms with Crippen molar-refractivity contribution >= 4 is 0 Å². The Morgan fingerprint density at radius 2 is 1.76 bits per heavy atom. The van der Waals surface area contributed by atoms with Crippen molar-refractivity contribution in [3.05, 3.63) is 0 Å². The molecule has 2 saturated heterocycles. The molecule has 3 aliphatic rings. The van der Waals surface area contributed by atoms with E-state index in [1.165, 1.54) is 51.7 Å². The van der Waals surface area contributed by atoms with Crippen molar-refractivity contribution in [2.75, 3.05) is 19.6 Å². The molecule has 5 unspecified atom stereocenters. The van der Waals surface area contributed by atoms with E-state index >= 15 is 0 Å². The second-order valence-corrected chi connectivity index (χ2v) is 6.92. The van der Waals surface area contributed by atoms with Crippen LogP contribution in [0.2, 0.25) is 0 Å². The summed E-state index contributed by atoms with van der Waals surface area (Å²) in [6.07, 6.45) is 7.31. The van der Waals surface area contributed by atoms with E-state index < -0.39 is 0 Å². The summed E-state index contributed by atoms with van der Waals surface area (Å²) in [6, 6.07) is 1.66. The molecule has 0 aromatic heterocycles. The summed E-state index contributed by atoms with van der Waals surface area (Å²) in [5.74, 6) is 2.81. The molecule has 0 radical (unpaired) electrons. The first-order valence-electron chi connectivity index (χ1n) is 7.71. The van der Waals surface area contributed by atoms with Crippen molar-refractivity contribution < 1.29 is 0 Å². The van der Waals surface area contributed by atoms with E-state index in [0.29, 0.717) is 0 Å². The first-order valence-corrected chi connectivity index (χ1v) is 7.71. The smallest absolute Gasteiger partial charge is 0.0200 e.